The van der Waals surface area contributed by atoms with Gasteiger partial charge in [-0.1, -0.05) is 36.0 Å². The van der Waals surface area contributed by atoms with Gasteiger partial charge in [-0.2, -0.15) is 0 Å². The fourth-order valence-corrected chi connectivity index (χ4v) is 2.09. The molecule has 1 nitrogen and oxygen atoms in total. The molecule has 2 rings (SSSR count). The predicted molar refractivity (Wildman–Crippen MR) is 64.4 cm³/mol. The lowest BCUT2D eigenvalue weighted by molar-refractivity contribution is 1.10. The smallest absolute Gasteiger partial charge is 0.101 e. The second-order valence-corrected chi connectivity index (χ2v) is 4.41. The van der Waals surface area contributed by atoms with Gasteiger partial charge in [0.15, 0.2) is 0 Å². The number of nitrogens with zero attached hydrogens (tertiary/aromatic N) is 1. The summed E-state index contributed by atoms with van der Waals surface area (Å²) in [4.78, 5) is 5.52. The first-order chi connectivity index (χ1) is 7.38. The summed E-state index contributed by atoms with van der Waals surface area (Å²) < 4.78 is 0. The summed E-state index contributed by atoms with van der Waals surface area (Å²) in [6.45, 7) is 0. The molecule has 1 aromatic heterocycles. The quantitative estimate of drug-likeness (QED) is 0.747. The first-order valence-electron chi connectivity index (χ1n) is 4.62. The summed E-state index contributed by atoms with van der Waals surface area (Å²) in [7, 11) is 0. The van der Waals surface area contributed by atoms with Crippen LogP contribution in [0.15, 0.2) is 58.6 Å². The molecule has 76 valence electrons. The van der Waals surface area contributed by atoms with E-state index in [-0.39, 0.29) is 0 Å². The second kappa shape index (κ2) is 5.19. The molecule has 15 heavy (non-hydrogen) atoms. The third kappa shape index (κ3) is 2.98. The van der Waals surface area contributed by atoms with E-state index in [2.05, 4.69) is 17.1 Å². The van der Waals surface area contributed by atoms with Crippen molar-refractivity contribution in [1.29, 1.82) is 0 Å². The molecule has 0 saturated carbocycles. The lowest BCUT2D eigenvalue weighted by Gasteiger charge is -2.00. The van der Waals surface area contributed by atoms with Crippen molar-refractivity contribution < 1.29 is 0 Å². The molecule has 0 saturated heterocycles. The van der Waals surface area contributed by atoms with Crippen molar-refractivity contribution >= 4 is 23.4 Å². The van der Waals surface area contributed by atoms with Gasteiger partial charge in [0.1, 0.15) is 5.03 Å². The minimum absolute atomic E-state index is 0.517. The fourth-order valence-electron chi connectivity index (χ4n) is 1.16. The van der Waals surface area contributed by atoms with Crippen LogP contribution in [-0.4, -0.2) is 4.98 Å². The Morgan fingerprint density at radius 2 is 1.87 bits per heavy atom. The van der Waals surface area contributed by atoms with Crippen LogP contribution in [0.5, 0.6) is 0 Å². The van der Waals surface area contributed by atoms with Gasteiger partial charge in [0.25, 0.3) is 0 Å². The molecule has 0 aliphatic carbocycles. The van der Waals surface area contributed by atoms with E-state index in [1.807, 2.05) is 36.5 Å². The molecule has 0 fully saturated rings. The molecule has 3 heteroatoms. The zero-order valence-corrected chi connectivity index (χ0v) is 9.63. The second-order valence-electron chi connectivity index (χ2n) is 3.05. The Hall–Kier alpha value is -0.990. The van der Waals surface area contributed by atoms with Crippen molar-refractivity contribution in [2.75, 3.05) is 0 Å². The Kier molecular flexibility index (Phi) is 3.64. The molecule has 0 aliphatic heterocycles. The SMILES string of the molecule is ClCc1ccc(Sc2ccccc2)nc1. The minimum atomic E-state index is 0.517. The van der Waals surface area contributed by atoms with Crippen LogP contribution in [-0.2, 0) is 5.88 Å². The molecule has 1 heterocycles. The summed E-state index contributed by atoms with van der Waals surface area (Å²) in [6, 6.07) is 14.2. The summed E-state index contributed by atoms with van der Waals surface area (Å²) in [5.74, 6) is 0.517. The first-order valence-corrected chi connectivity index (χ1v) is 5.97. The lowest BCUT2D eigenvalue weighted by atomic mass is 10.3. The van der Waals surface area contributed by atoms with Crippen LogP contribution in [0.4, 0.5) is 0 Å². The molecular formula is C12H10ClNS. The van der Waals surface area contributed by atoms with Gasteiger partial charge in [-0.25, -0.2) is 4.98 Å². The highest BCUT2D eigenvalue weighted by atomic mass is 35.5. The van der Waals surface area contributed by atoms with Crippen molar-refractivity contribution in [2.24, 2.45) is 0 Å². The number of benzene rings is 1. The Balaban J connectivity index is 2.11. The summed E-state index contributed by atoms with van der Waals surface area (Å²) in [6.07, 6.45) is 1.82. The Morgan fingerprint density at radius 3 is 2.47 bits per heavy atom. The van der Waals surface area contributed by atoms with Crippen molar-refractivity contribution in [3.8, 4) is 0 Å². The van der Waals surface area contributed by atoms with E-state index in [1.54, 1.807) is 11.8 Å². The summed E-state index contributed by atoms with van der Waals surface area (Å²) in [5, 5.41) is 0.995. The van der Waals surface area contributed by atoms with Crippen molar-refractivity contribution in [1.82, 2.24) is 4.98 Å². The van der Waals surface area contributed by atoms with Gasteiger partial charge >= 0.3 is 0 Å². The molecular weight excluding hydrogens is 226 g/mol. The molecule has 0 radical (unpaired) electrons. The molecule has 0 amide bonds. The van der Waals surface area contributed by atoms with Crippen LogP contribution in [0.1, 0.15) is 5.56 Å². The largest absolute Gasteiger partial charge is 0.249 e. The van der Waals surface area contributed by atoms with Crippen LogP contribution in [0.25, 0.3) is 0 Å². The van der Waals surface area contributed by atoms with Crippen LogP contribution in [0.3, 0.4) is 0 Å². The Labute approximate surface area is 98.5 Å². The maximum Gasteiger partial charge on any atom is 0.101 e. The van der Waals surface area contributed by atoms with Crippen LogP contribution in [0.2, 0.25) is 0 Å². The van der Waals surface area contributed by atoms with E-state index in [0.29, 0.717) is 5.88 Å². The topological polar surface area (TPSA) is 12.9 Å². The average molecular weight is 236 g/mol. The van der Waals surface area contributed by atoms with Gasteiger partial charge in [-0.05, 0) is 23.8 Å². The van der Waals surface area contributed by atoms with Gasteiger partial charge in [-0.3, -0.25) is 0 Å². The van der Waals surface area contributed by atoms with E-state index in [4.69, 9.17) is 11.6 Å². The van der Waals surface area contributed by atoms with E-state index in [1.165, 1.54) is 4.90 Å². The van der Waals surface area contributed by atoms with Crippen LogP contribution in [0, 0.1) is 0 Å². The maximum absolute atomic E-state index is 5.69. The summed E-state index contributed by atoms with van der Waals surface area (Å²) >= 11 is 7.35. The third-order valence-corrected chi connectivity index (χ3v) is 3.18. The minimum Gasteiger partial charge on any atom is -0.249 e. The van der Waals surface area contributed by atoms with Gasteiger partial charge < -0.3 is 0 Å². The number of hydrogen-bond acceptors (Lipinski definition) is 2. The van der Waals surface area contributed by atoms with E-state index in [9.17, 15) is 0 Å². The van der Waals surface area contributed by atoms with E-state index >= 15 is 0 Å². The van der Waals surface area contributed by atoms with E-state index in [0.717, 1.165) is 10.6 Å². The van der Waals surface area contributed by atoms with Gasteiger partial charge in [0.05, 0.1) is 0 Å². The number of aromatic nitrogens is 1. The lowest BCUT2D eigenvalue weighted by Crippen LogP contribution is -1.82. The van der Waals surface area contributed by atoms with Gasteiger partial charge in [0, 0.05) is 17.0 Å². The third-order valence-electron chi connectivity index (χ3n) is 1.92. The van der Waals surface area contributed by atoms with Crippen molar-refractivity contribution in [3.05, 3.63) is 54.2 Å². The highest BCUT2D eigenvalue weighted by molar-refractivity contribution is 7.99. The molecule has 0 spiro atoms. The predicted octanol–water partition coefficient (Wildman–Crippen LogP) is 3.97. The van der Waals surface area contributed by atoms with E-state index < -0.39 is 0 Å². The average Bonchev–Trinajstić information content (AvgIpc) is 2.31. The highest BCUT2D eigenvalue weighted by Crippen LogP contribution is 2.25. The maximum atomic E-state index is 5.69. The monoisotopic (exact) mass is 235 g/mol. The zero-order chi connectivity index (χ0) is 10.5. The van der Waals surface area contributed by atoms with Crippen LogP contribution < -0.4 is 0 Å². The molecule has 0 N–H and O–H groups in total. The number of hydrogen-bond donors (Lipinski definition) is 0. The van der Waals surface area contributed by atoms with Crippen molar-refractivity contribution in [3.63, 3.8) is 0 Å². The number of halogens is 1. The number of rotatable bonds is 3. The van der Waals surface area contributed by atoms with Crippen molar-refractivity contribution in [2.45, 2.75) is 15.8 Å². The normalized spacial score (nSPS) is 10.2. The summed E-state index contributed by atoms with van der Waals surface area (Å²) in [5.41, 5.74) is 1.05. The first kappa shape index (κ1) is 10.5. The Morgan fingerprint density at radius 1 is 1.07 bits per heavy atom. The van der Waals surface area contributed by atoms with Crippen LogP contribution >= 0.6 is 23.4 Å². The zero-order valence-electron chi connectivity index (χ0n) is 8.06. The molecule has 0 unspecified atom stereocenters. The number of alkyl halides is 1. The van der Waals surface area contributed by atoms with Gasteiger partial charge in [0.2, 0.25) is 0 Å². The standard InChI is InChI=1S/C12H10ClNS/c13-8-10-6-7-12(14-9-10)15-11-4-2-1-3-5-11/h1-7,9H,8H2. The Bertz CT molecular complexity index is 413. The molecule has 2 aromatic rings. The fraction of sp³-hybridized carbons (Fsp3) is 0.0833. The molecule has 0 aliphatic rings. The highest BCUT2D eigenvalue weighted by Gasteiger charge is 1.97. The van der Waals surface area contributed by atoms with Gasteiger partial charge in [-0.15, -0.1) is 11.6 Å². The molecule has 0 atom stereocenters. The number of pyridine rings is 1. The molecule has 1 aromatic carbocycles. The molecule has 0 bridgehead atoms.